The normalized spacial score (nSPS) is 10.7. The summed E-state index contributed by atoms with van der Waals surface area (Å²) in [5.41, 5.74) is 2.87. The lowest BCUT2D eigenvalue weighted by molar-refractivity contribution is 1.07. The van der Waals surface area contributed by atoms with Crippen LogP contribution in [0.2, 0.25) is 0 Å². The Morgan fingerprint density at radius 2 is 1.83 bits per heavy atom. The molecule has 0 aliphatic heterocycles. The first-order valence-corrected chi connectivity index (χ1v) is 5.75. The van der Waals surface area contributed by atoms with Crippen LogP contribution in [0.3, 0.4) is 0 Å². The Bertz CT molecular complexity index is 263. The van der Waals surface area contributed by atoms with Crippen molar-refractivity contribution in [1.82, 2.24) is 0 Å². The van der Waals surface area contributed by atoms with Crippen molar-refractivity contribution in [1.29, 1.82) is 0 Å². The summed E-state index contributed by atoms with van der Waals surface area (Å²) in [5, 5.41) is 0. The Balaban J connectivity index is 3.16. The van der Waals surface area contributed by atoms with Gasteiger partial charge in [-0.3, -0.25) is 0 Å². The molecule has 0 saturated carbocycles. The van der Waals surface area contributed by atoms with Crippen molar-refractivity contribution < 1.29 is 0 Å². The smallest absolute Gasteiger partial charge is 0.0487 e. The number of halogens is 1. The highest BCUT2D eigenvalue weighted by atomic mass is 35.5. The number of hydrogen-bond acceptors (Lipinski definition) is 1. The molecule has 1 rings (SSSR count). The van der Waals surface area contributed by atoms with Crippen molar-refractivity contribution in [3.63, 3.8) is 0 Å². The van der Waals surface area contributed by atoms with E-state index in [-0.39, 0.29) is 0 Å². The lowest BCUT2D eigenvalue weighted by Gasteiger charge is -1.99. The summed E-state index contributed by atoms with van der Waals surface area (Å²) < 4.78 is 0. The number of hydrogen-bond donors (Lipinski definition) is 0. The summed E-state index contributed by atoms with van der Waals surface area (Å²) in [6.07, 6.45) is 2.23. The molecule has 12 heavy (non-hydrogen) atoms. The van der Waals surface area contributed by atoms with Crippen molar-refractivity contribution in [2.45, 2.75) is 39.5 Å². The second-order valence-electron chi connectivity index (χ2n) is 2.88. The Morgan fingerprint density at radius 1 is 1.17 bits per heavy atom. The van der Waals surface area contributed by atoms with Gasteiger partial charge in [0.15, 0.2) is 0 Å². The zero-order valence-electron chi connectivity index (χ0n) is 7.91. The molecule has 0 spiro atoms. The largest absolute Gasteiger partial charge is 0.145 e. The highest BCUT2D eigenvalue weighted by Gasteiger charge is 2.11. The lowest BCUT2D eigenvalue weighted by Crippen LogP contribution is -1.88. The number of alkyl halides is 1. The third-order valence-corrected chi connectivity index (χ3v) is 3.81. The van der Waals surface area contributed by atoms with Crippen LogP contribution in [0.4, 0.5) is 0 Å². The highest BCUT2D eigenvalue weighted by Crippen LogP contribution is 2.30. The Morgan fingerprint density at radius 3 is 2.25 bits per heavy atom. The minimum atomic E-state index is 0.677. The van der Waals surface area contributed by atoms with Crippen molar-refractivity contribution in [2.24, 2.45) is 0 Å². The van der Waals surface area contributed by atoms with Crippen molar-refractivity contribution in [2.75, 3.05) is 0 Å². The van der Waals surface area contributed by atoms with Gasteiger partial charge in [0.2, 0.25) is 0 Å². The molecule has 1 aromatic heterocycles. The van der Waals surface area contributed by atoms with Gasteiger partial charge in [0.05, 0.1) is 0 Å². The molecule has 0 aliphatic carbocycles. The maximum atomic E-state index is 5.91. The summed E-state index contributed by atoms with van der Waals surface area (Å²) in [5.74, 6) is 0.677. The van der Waals surface area contributed by atoms with Gasteiger partial charge in [0.1, 0.15) is 0 Å². The molecule has 1 aromatic rings. The Labute approximate surface area is 83.6 Å². The quantitative estimate of drug-likeness (QED) is 0.652. The Kier molecular flexibility index (Phi) is 3.60. The number of rotatable bonds is 3. The van der Waals surface area contributed by atoms with Crippen LogP contribution in [0.15, 0.2) is 0 Å². The van der Waals surface area contributed by atoms with E-state index in [1.54, 1.807) is 0 Å². The molecule has 0 aliphatic rings. The fourth-order valence-corrected chi connectivity index (χ4v) is 3.22. The number of aryl methyl sites for hydroxylation is 2. The van der Waals surface area contributed by atoms with Crippen LogP contribution in [0.1, 0.15) is 34.7 Å². The van der Waals surface area contributed by atoms with Crippen LogP contribution < -0.4 is 0 Å². The Hall–Kier alpha value is -0.0100. The second kappa shape index (κ2) is 4.29. The van der Waals surface area contributed by atoms with Crippen LogP contribution >= 0.6 is 22.9 Å². The molecule has 0 radical (unpaired) electrons. The maximum Gasteiger partial charge on any atom is 0.0487 e. The molecule has 68 valence electrons. The van der Waals surface area contributed by atoms with E-state index in [9.17, 15) is 0 Å². The van der Waals surface area contributed by atoms with E-state index in [1.807, 2.05) is 11.3 Å². The molecule has 1 heterocycles. The van der Waals surface area contributed by atoms with Gasteiger partial charge in [-0.15, -0.1) is 22.9 Å². The summed E-state index contributed by atoms with van der Waals surface area (Å²) in [6, 6.07) is 0. The first-order valence-electron chi connectivity index (χ1n) is 4.40. The van der Waals surface area contributed by atoms with E-state index in [1.165, 1.54) is 20.9 Å². The van der Waals surface area contributed by atoms with Crippen LogP contribution in [0.25, 0.3) is 0 Å². The van der Waals surface area contributed by atoms with Crippen molar-refractivity contribution in [3.05, 3.63) is 20.9 Å². The lowest BCUT2D eigenvalue weighted by atomic mass is 10.1. The number of thiophene rings is 1. The standard InChI is InChI=1S/C10H15ClS/c1-4-8-7(3)12-10(5-2)9(8)6-11/h4-6H2,1-3H3. The molecular formula is C10H15ClS. The molecule has 0 N–H and O–H groups in total. The first kappa shape index (κ1) is 10.1. The fraction of sp³-hybridized carbons (Fsp3) is 0.600. The van der Waals surface area contributed by atoms with Gasteiger partial charge < -0.3 is 0 Å². The van der Waals surface area contributed by atoms with Crippen molar-refractivity contribution >= 4 is 22.9 Å². The topological polar surface area (TPSA) is 0 Å². The molecule has 0 nitrogen and oxygen atoms in total. The zero-order chi connectivity index (χ0) is 9.14. The van der Waals surface area contributed by atoms with Gasteiger partial charge >= 0.3 is 0 Å². The van der Waals surface area contributed by atoms with E-state index >= 15 is 0 Å². The predicted octanol–water partition coefficient (Wildman–Crippen LogP) is 3.92. The van der Waals surface area contributed by atoms with Gasteiger partial charge in [-0.2, -0.15) is 0 Å². The predicted molar refractivity (Wildman–Crippen MR) is 57.4 cm³/mol. The SMILES string of the molecule is CCc1sc(C)c(CC)c1CCl. The van der Waals surface area contributed by atoms with Gasteiger partial charge in [0.25, 0.3) is 0 Å². The zero-order valence-corrected chi connectivity index (χ0v) is 9.48. The van der Waals surface area contributed by atoms with Gasteiger partial charge in [0, 0.05) is 15.6 Å². The average molecular weight is 203 g/mol. The summed E-state index contributed by atoms with van der Waals surface area (Å²) in [4.78, 5) is 2.92. The van der Waals surface area contributed by atoms with Crippen LogP contribution in [0, 0.1) is 6.92 Å². The van der Waals surface area contributed by atoms with E-state index < -0.39 is 0 Å². The molecule has 0 amide bonds. The van der Waals surface area contributed by atoms with Crippen LogP contribution in [0.5, 0.6) is 0 Å². The molecule has 0 aromatic carbocycles. The summed E-state index contributed by atoms with van der Waals surface area (Å²) in [6.45, 7) is 6.59. The van der Waals surface area contributed by atoms with Gasteiger partial charge in [-0.05, 0) is 30.9 Å². The molecule has 0 bridgehead atoms. The van der Waals surface area contributed by atoms with E-state index in [4.69, 9.17) is 11.6 Å². The average Bonchev–Trinajstić information content (AvgIpc) is 2.40. The molecular weight excluding hydrogens is 188 g/mol. The summed E-state index contributed by atoms with van der Waals surface area (Å²) in [7, 11) is 0. The van der Waals surface area contributed by atoms with Crippen LogP contribution in [-0.4, -0.2) is 0 Å². The highest BCUT2D eigenvalue weighted by molar-refractivity contribution is 7.12. The molecule has 0 fully saturated rings. The monoisotopic (exact) mass is 202 g/mol. The second-order valence-corrected chi connectivity index (χ2v) is 4.46. The third-order valence-electron chi connectivity index (χ3n) is 2.21. The van der Waals surface area contributed by atoms with Crippen molar-refractivity contribution in [3.8, 4) is 0 Å². The summed E-state index contributed by atoms with van der Waals surface area (Å²) >= 11 is 7.82. The minimum absolute atomic E-state index is 0.677. The van der Waals surface area contributed by atoms with E-state index in [0.29, 0.717) is 5.88 Å². The fourth-order valence-electron chi connectivity index (χ4n) is 1.59. The van der Waals surface area contributed by atoms with E-state index in [0.717, 1.165) is 12.8 Å². The van der Waals surface area contributed by atoms with E-state index in [2.05, 4.69) is 20.8 Å². The van der Waals surface area contributed by atoms with Gasteiger partial charge in [-0.25, -0.2) is 0 Å². The third kappa shape index (κ3) is 1.67. The molecule has 0 unspecified atom stereocenters. The molecule has 0 saturated heterocycles. The maximum absolute atomic E-state index is 5.91. The molecule has 2 heteroatoms. The van der Waals surface area contributed by atoms with Gasteiger partial charge in [-0.1, -0.05) is 13.8 Å². The first-order chi connectivity index (χ1) is 5.74. The van der Waals surface area contributed by atoms with Crippen LogP contribution in [-0.2, 0) is 18.7 Å². The minimum Gasteiger partial charge on any atom is -0.145 e. The molecule has 0 atom stereocenters.